The maximum Gasteiger partial charge on any atom is 0.311 e. The molecule has 0 spiro atoms. The highest BCUT2D eigenvalue weighted by molar-refractivity contribution is 7.13. The van der Waals surface area contributed by atoms with Gasteiger partial charge in [0.15, 0.2) is 17.2 Å². The van der Waals surface area contributed by atoms with E-state index in [0.717, 1.165) is 28.8 Å². The number of aromatic nitrogens is 1. The van der Waals surface area contributed by atoms with Crippen molar-refractivity contribution in [3.8, 4) is 27.8 Å². The molecule has 0 N–H and O–H groups in total. The van der Waals surface area contributed by atoms with Crippen molar-refractivity contribution in [1.29, 1.82) is 0 Å². The Morgan fingerprint density at radius 2 is 1.96 bits per heavy atom. The van der Waals surface area contributed by atoms with E-state index >= 15 is 0 Å². The SMILES string of the molecule is CCOc1ccc(-c2nc(COc3cc(F)ccc3[N+](=O)[O-])cs2)cc1OC. The van der Waals surface area contributed by atoms with Crippen molar-refractivity contribution in [1.82, 2.24) is 4.98 Å². The van der Waals surface area contributed by atoms with Gasteiger partial charge < -0.3 is 14.2 Å². The smallest absolute Gasteiger partial charge is 0.311 e. The molecule has 0 amide bonds. The molecule has 0 unspecified atom stereocenters. The van der Waals surface area contributed by atoms with Gasteiger partial charge in [-0.2, -0.15) is 0 Å². The van der Waals surface area contributed by atoms with Crippen LogP contribution in [0.25, 0.3) is 10.6 Å². The number of halogens is 1. The Labute approximate surface area is 164 Å². The topological polar surface area (TPSA) is 83.7 Å². The quantitative estimate of drug-likeness (QED) is 0.394. The number of nitro groups is 1. The molecular formula is C19H17FN2O5S. The van der Waals surface area contributed by atoms with Crippen LogP contribution in [-0.4, -0.2) is 23.6 Å². The van der Waals surface area contributed by atoms with Gasteiger partial charge in [0, 0.05) is 23.1 Å². The molecule has 0 bridgehead atoms. The van der Waals surface area contributed by atoms with E-state index in [1.54, 1.807) is 12.5 Å². The molecule has 7 nitrogen and oxygen atoms in total. The van der Waals surface area contributed by atoms with Gasteiger partial charge in [-0.15, -0.1) is 11.3 Å². The van der Waals surface area contributed by atoms with E-state index in [1.807, 2.05) is 25.1 Å². The van der Waals surface area contributed by atoms with Gasteiger partial charge in [0.25, 0.3) is 0 Å². The van der Waals surface area contributed by atoms with Crippen LogP contribution in [0.3, 0.4) is 0 Å². The highest BCUT2D eigenvalue weighted by Crippen LogP contribution is 2.34. The molecule has 0 aliphatic rings. The Kier molecular flexibility index (Phi) is 6.05. The predicted molar refractivity (Wildman–Crippen MR) is 103 cm³/mol. The van der Waals surface area contributed by atoms with E-state index in [-0.39, 0.29) is 18.0 Å². The number of nitro benzene ring substituents is 1. The minimum absolute atomic E-state index is 0.0189. The normalized spacial score (nSPS) is 10.5. The Bertz CT molecular complexity index is 992. The lowest BCUT2D eigenvalue weighted by molar-refractivity contribution is -0.386. The van der Waals surface area contributed by atoms with Gasteiger partial charge in [-0.1, -0.05) is 0 Å². The molecule has 0 saturated heterocycles. The third-order valence-corrected chi connectivity index (χ3v) is 4.70. The number of rotatable bonds is 8. The van der Waals surface area contributed by atoms with Gasteiger partial charge in [0.1, 0.15) is 17.4 Å². The van der Waals surface area contributed by atoms with Crippen molar-refractivity contribution in [2.75, 3.05) is 13.7 Å². The van der Waals surface area contributed by atoms with Crippen molar-refractivity contribution >= 4 is 17.0 Å². The number of ether oxygens (including phenoxy) is 3. The van der Waals surface area contributed by atoms with Gasteiger partial charge in [-0.05, 0) is 31.2 Å². The fourth-order valence-electron chi connectivity index (χ4n) is 2.49. The number of nitrogens with zero attached hydrogens (tertiary/aromatic N) is 2. The zero-order chi connectivity index (χ0) is 20.1. The number of hydrogen-bond acceptors (Lipinski definition) is 7. The van der Waals surface area contributed by atoms with Gasteiger partial charge in [0.2, 0.25) is 0 Å². The maximum atomic E-state index is 13.4. The monoisotopic (exact) mass is 404 g/mol. The van der Waals surface area contributed by atoms with E-state index in [2.05, 4.69) is 4.98 Å². The molecule has 146 valence electrons. The van der Waals surface area contributed by atoms with Gasteiger partial charge in [0.05, 0.1) is 24.3 Å². The molecule has 0 atom stereocenters. The summed E-state index contributed by atoms with van der Waals surface area (Å²) in [7, 11) is 1.56. The standard InChI is InChI=1S/C19H17FN2O5S/c1-3-26-16-7-4-12(8-18(16)25-2)19-21-14(11-28-19)10-27-17-9-13(20)5-6-15(17)22(23)24/h4-9,11H,3,10H2,1-2H3. The first-order chi connectivity index (χ1) is 13.5. The molecule has 0 fully saturated rings. The number of benzene rings is 2. The second-order valence-electron chi connectivity index (χ2n) is 5.60. The third kappa shape index (κ3) is 4.37. The molecule has 3 aromatic rings. The molecule has 3 rings (SSSR count). The maximum absolute atomic E-state index is 13.4. The number of hydrogen-bond donors (Lipinski definition) is 0. The van der Waals surface area contributed by atoms with E-state index < -0.39 is 10.7 Å². The molecule has 0 aliphatic heterocycles. The van der Waals surface area contributed by atoms with Crippen molar-refractivity contribution in [3.63, 3.8) is 0 Å². The van der Waals surface area contributed by atoms with Crippen LogP contribution in [0, 0.1) is 15.9 Å². The van der Waals surface area contributed by atoms with Crippen LogP contribution < -0.4 is 14.2 Å². The van der Waals surface area contributed by atoms with Crippen LogP contribution in [-0.2, 0) is 6.61 Å². The van der Waals surface area contributed by atoms with Gasteiger partial charge in [-0.3, -0.25) is 10.1 Å². The molecule has 0 saturated carbocycles. The van der Waals surface area contributed by atoms with E-state index in [0.29, 0.717) is 23.8 Å². The first-order valence-corrected chi connectivity index (χ1v) is 9.22. The predicted octanol–water partition coefficient (Wildman–Crippen LogP) is 4.84. The van der Waals surface area contributed by atoms with Crippen LogP contribution in [0.5, 0.6) is 17.2 Å². The van der Waals surface area contributed by atoms with Crippen LogP contribution in [0.1, 0.15) is 12.6 Å². The van der Waals surface area contributed by atoms with Crippen molar-refractivity contribution in [3.05, 3.63) is 63.4 Å². The fraction of sp³-hybridized carbons (Fsp3) is 0.211. The Balaban J connectivity index is 1.77. The second kappa shape index (κ2) is 8.66. The average molecular weight is 404 g/mol. The zero-order valence-electron chi connectivity index (χ0n) is 15.2. The lowest BCUT2D eigenvalue weighted by Gasteiger charge is -2.10. The summed E-state index contributed by atoms with van der Waals surface area (Å²) in [5, 5.41) is 13.5. The molecule has 0 radical (unpaired) electrons. The van der Waals surface area contributed by atoms with Crippen molar-refractivity contribution < 1.29 is 23.5 Å². The summed E-state index contributed by atoms with van der Waals surface area (Å²) in [6.07, 6.45) is 0. The highest BCUT2D eigenvalue weighted by Gasteiger charge is 2.17. The molecule has 28 heavy (non-hydrogen) atoms. The van der Waals surface area contributed by atoms with Gasteiger partial charge in [-0.25, -0.2) is 9.37 Å². The van der Waals surface area contributed by atoms with Gasteiger partial charge >= 0.3 is 5.69 Å². The van der Waals surface area contributed by atoms with Crippen LogP contribution in [0.15, 0.2) is 41.8 Å². The molecule has 9 heteroatoms. The Morgan fingerprint density at radius 1 is 1.14 bits per heavy atom. The molecule has 1 heterocycles. The lowest BCUT2D eigenvalue weighted by Crippen LogP contribution is -2.00. The Hall–Kier alpha value is -3.20. The van der Waals surface area contributed by atoms with Crippen LogP contribution in [0.2, 0.25) is 0 Å². The van der Waals surface area contributed by atoms with Crippen LogP contribution in [0.4, 0.5) is 10.1 Å². The summed E-state index contributed by atoms with van der Waals surface area (Å²) in [5.41, 5.74) is 1.12. The van der Waals surface area contributed by atoms with E-state index in [9.17, 15) is 14.5 Å². The first kappa shape index (κ1) is 19.6. The second-order valence-corrected chi connectivity index (χ2v) is 6.46. The largest absolute Gasteiger partial charge is 0.493 e. The molecule has 1 aromatic heterocycles. The van der Waals surface area contributed by atoms with E-state index in [4.69, 9.17) is 14.2 Å². The molecular weight excluding hydrogens is 387 g/mol. The van der Waals surface area contributed by atoms with Crippen molar-refractivity contribution in [2.45, 2.75) is 13.5 Å². The summed E-state index contributed by atoms with van der Waals surface area (Å²) in [4.78, 5) is 14.9. The number of thiazole rings is 1. The highest BCUT2D eigenvalue weighted by atomic mass is 32.1. The molecule has 2 aromatic carbocycles. The van der Waals surface area contributed by atoms with E-state index in [1.165, 1.54) is 11.3 Å². The summed E-state index contributed by atoms with van der Waals surface area (Å²) in [6, 6.07) is 8.59. The zero-order valence-corrected chi connectivity index (χ0v) is 16.0. The average Bonchev–Trinajstić information content (AvgIpc) is 3.15. The summed E-state index contributed by atoms with van der Waals surface area (Å²) >= 11 is 1.39. The lowest BCUT2D eigenvalue weighted by atomic mass is 10.2. The summed E-state index contributed by atoms with van der Waals surface area (Å²) in [6.45, 7) is 2.40. The fourth-order valence-corrected chi connectivity index (χ4v) is 3.29. The summed E-state index contributed by atoms with van der Waals surface area (Å²) in [5.74, 6) is 0.498. The van der Waals surface area contributed by atoms with Crippen molar-refractivity contribution in [2.24, 2.45) is 0 Å². The third-order valence-electron chi connectivity index (χ3n) is 3.76. The number of methoxy groups -OCH3 is 1. The minimum atomic E-state index is -0.618. The first-order valence-electron chi connectivity index (χ1n) is 8.34. The minimum Gasteiger partial charge on any atom is -0.493 e. The summed E-state index contributed by atoms with van der Waals surface area (Å²) < 4.78 is 29.7. The Morgan fingerprint density at radius 3 is 2.68 bits per heavy atom. The molecule has 0 aliphatic carbocycles. The van der Waals surface area contributed by atoms with Crippen LogP contribution >= 0.6 is 11.3 Å².